The number of cyclic esters (lactones) is 1. The number of hydrogen-bond acceptors (Lipinski definition) is 3. The van der Waals surface area contributed by atoms with E-state index in [-0.39, 0.29) is 5.97 Å². The van der Waals surface area contributed by atoms with Crippen molar-refractivity contribution in [2.45, 2.75) is 20.3 Å². The summed E-state index contributed by atoms with van der Waals surface area (Å²) in [4.78, 5) is 15.4. The maximum absolute atomic E-state index is 11.3. The van der Waals surface area contributed by atoms with Gasteiger partial charge in [-0.15, -0.1) is 0 Å². The third-order valence-electron chi connectivity index (χ3n) is 2.39. The predicted octanol–water partition coefficient (Wildman–Crippen LogP) is 2.57. The van der Waals surface area contributed by atoms with Crippen molar-refractivity contribution < 1.29 is 9.53 Å². The van der Waals surface area contributed by atoms with E-state index in [9.17, 15) is 4.79 Å². The summed E-state index contributed by atoms with van der Waals surface area (Å²) in [5.41, 5.74) is 2.58. The Bertz CT molecular complexity index is 486. The lowest BCUT2D eigenvalue weighted by Crippen LogP contribution is -1.99. The second-order valence-corrected chi connectivity index (χ2v) is 3.65. The summed E-state index contributed by atoms with van der Waals surface area (Å²) in [7, 11) is 0. The predicted molar refractivity (Wildman–Crippen MR) is 63.0 cm³/mol. The summed E-state index contributed by atoms with van der Waals surface area (Å²) < 4.78 is 4.85. The summed E-state index contributed by atoms with van der Waals surface area (Å²) in [5, 5.41) is 0. The molecule has 0 N–H and O–H groups in total. The molecule has 0 fully saturated rings. The lowest BCUT2D eigenvalue weighted by Gasteiger charge is -1.98. The van der Waals surface area contributed by atoms with Crippen LogP contribution in [0.15, 0.2) is 35.0 Å². The Labute approximate surface area is 94.5 Å². The lowest BCUT2D eigenvalue weighted by molar-refractivity contribution is -0.130. The zero-order valence-electron chi connectivity index (χ0n) is 9.36. The van der Waals surface area contributed by atoms with E-state index >= 15 is 0 Å². The second-order valence-electron chi connectivity index (χ2n) is 3.65. The first-order valence-electron chi connectivity index (χ1n) is 5.27. The molecule has 1 aliphatic heterocycles. The van der Waals surface area contributed by atoms with Crippen molar-refractivity contribution in [3.8, 4) is 0 Å². The van der Waals surface area contributed by atoms with E-state index in [1.165, 1.54) is 5.56 Å². The van der Waals surface area contributed by atoms with E-state index in [0.29, 0.717) is 11.6 Å². The molecule has 0 atom stereocenters. The van der Waals surface area contributed by atoms with Crippen molar-refractivity contribution in [3.05, 3.63) is 41.1 Å². The normalized spacial score (nSPS) is 17.5. The average molecular weight is 215 g/mol. The molecule has 3 nitrogen and oxygen atoms in total. The van der Waals surface area contributed by atoms with Crippen LogP contribution in [0.1, 0.15) is 25.0 Å². The van der Waals surface area contributed by atoms with Crippen LogP contribution in [-0.2, 0) is 16.0 Å². The molecule has 82 valence electrons. The number of benzene rings is 1. The van der Waals surface area contributed by atoms with Crippen molar-refractivity contribution in [1.29, 1.82) is 0 Å². The Morgan fingerprint density at radius 1 is 1.44 bits per heavy atom. The molecular weight excluding hydrogens is 202 g/mol. The van der Waals surface area contributed by atoms with Crippen molar-refractivity contribution >= 4 is 17.9 Å². The second kappa shape index (κ2) is 4.31. The minimum atomic E-state index is -0.376. The molecule has 1 aromatic carbocycles. The van der Waals surface area contributed by atoms with Crippen molar-refractivity contribution in [2.24, 2.45) is 4.99 Å². The third-order valence-corrected chi connectivity index (χ3v) is 2.39. The van der Waals surface area contributed by atoms with E-state index < -0.39 is 0 Å². The maximum atomic E-state index is 11.3. The molecule has 0 saturated heterocycles. The molecule has 2 rings (SSSR count). The summed E-state index contributed by atoms with van der Waals surface area (Å²) in [5.74, 6) is 0.0299. The topological polar surface area (TPSA) is 38.7 Å². The van der Waals surface area contributed by atoms with E-state index in [1.807, 2.05) is 18.2 Å². The molecule has 1 aromatic rings. The number of aryl methyl sites for hydroxylation is 1. The van der Waals surface area contributed by atoms with Gasteiger partial charge in [-0.3, -0.25) is 0 Å². The van der Waals surface area contributed by atoms with Crippen LogP contribution >= 0.6 is 0 Å². The van der Waals surface area contributed by atoms with Crippen molar-refractivity contribution in [1.82, 2.24) is 0 Å². The highest BCUT2D eigenvalue weighted by molar-refractivity contribution is 6.06. The first-order chi connectivity index (χ1) is 7.69. The van der Waals surface area contributed by atoms with Gasteiger partial charge in [0, 0.05) is 6.92 Å². The van der Waals surface area contributed by atoms with Crippen molar-refractivity contribution in [3.63, 3.8) is 0 Å². The van der Waals surface area contributed by atoms with Crippen LogP contribution in [0.3, 0.4) is 0 Å². The Hall–Kier alpha value is -1.90. The zero-order valence-corrected chi connectivity index (χ0v) is 9.36. The van der Waals surface area contributed by atoms with Crippen LogP contribution in [0.4, 0.5) is 0 Å². The van der Waals surface area contributed by atoms with Gasteiger partial charge in [-0.05, 0) is 23.6 Å². The standard InChI is InChI=1S/C13H13NO2/c1-3-10-5-4-6-11(7-10)8-12-13(15)16-9(2)14-12/h4-8H,3H2,1-2H3. The van der Waals surface area contributed by atoms with E-state index in [0.717, 1.165) is 12.0 Å². The Balaban J connectivity index is 2.32. The van der Waals surface area contributed by atoms with E-state index in [2.05, 4.69) is 18.0 Å². The fraction of sp³-hybridized carbons (Fsp3) is 0.231. The minimum Gasteiger partial charge on any atom is -0.407 e. The molecule has 0 aromatic heterocycles. The van der Waals surface area contributed by atoms with Gasteiger partial charge in [-0.1, -0.05) is 31.2 Å². The number of rotatable bonds is 2. The highest BCUT2D eigenvalue weighted by Gasteiger charge is 2.19. The number of carbonyl (C=O) groups excluding carboxylic acids is 1. The number of aliphatic imine (C=N–C) groups is 1. The fourth-order valence-electron chi connectivity index (χ4n) is 1.58. The molecular formula is C13H13NO2. The maximum Gasteiger partial charge on any atom is 0.363 e. The molecule has 16 heavy (non-hydrogen) atoms. The average Bonchev–Trinajstić information content (AvgIpc) is 2.58. The van der Waals surface area contributed by atoms with Gasteiger partial charge in [-0.25, -0.2) is 9.79 Å². The molecule has 0 saturated carbocycles. The molecule has 1 heterocycles. The Kier molecular flexibility index (Phi) is 2.86. The lowest BCUT2D eigenvalue weighted by atomic mass is 10.1. The largest absolute Gasteiger partial charge is 0.407 e. The molecule has 0 spiro atoms. The highest BCUT2D eigenvalue weighted by atomic mass is 16.6. The Morgan fingerprint density at radius 2 is 2.25 bits per heavy atom. The van der Waals surface area contributed by atoms with Gasteiger partial charge in [0.25, 0.3) is 0 Å². The third kappa shape index (κ3) is 2.19. The number of esters is 1. The molecule has 0 amide bonds. The van der Waals surface area contributed by atoms with Crippen LogP contribution in [0, 0.1) is 0 Å². The van der Waals surface area contributed by atoms with Gasteiger partial charge in [0.2, 0.25) is 0 Å². The summed E-state index contributed by atoms with van der Waals surface area (Å²) in [6.45, 7) is 3.76. The van der Waals surface area contributed by atoms with Crippen LogP contribution in [-0.4, -0.2) is 11.9 Å². The summed E-state index contributed by atoms with van der Waals surface area (Å²) >= 11 is 0. The quantitative estimate of drug-likeness (QED) is 0.561. The van der Waals surface area contributed by atoms with Crippen LogP contribution < -0.4 is 0 Å². The molecule has 0 radical (unpaired) electrons. The van der Waals surface area contributed by atoms with Gasteiger partial charge in [0.05, 0.1) is 0 Å². The fourth-order valence-corrected chi connectivity index (χ4v) is 1.58. The summed E-state index contributed by atoms with van der Waals surface area (Å²) in [6, 6.07) is 8.03. The number of hydrogen-bond donors (Lipinski definition) is 0. The first-order valence-corrected chi connectivity index (χ1v) is 5.27. The van der Waals surface area contributed by atoms with Gasteiger partial charge >= 0.3 is 5.97 Å². The van der Waals surface area contributed by atoms with E-state index in [1.54, 1.807) is 13.0 Å². The highest BCUT2D eigenvalue weighted by Crippen LogP contribution is 2.16. The Morgan fingerprint density at radius 3 is 2.88 bits per heavy atom. The monoisotopic (exact) mass is 215 g/mol. The number of carbonyl (C=O) groups is 1. The van der Waals surface area contributed by atoms with E-state index in [4.69, 9.17) is 4.74 Å². The molecule has 3 heteroatoms. The molecule has 0 bridgehead atoms. The van der Waals surface area contributed by atoms with Gasteiger partial charge in [0.1, 0.15) is 0 Å². The van der Waals surface area contributed by atoms with Crippen LogP contribution in [0.5, 0.6) is 0 Å². The number of nitrogens with zero attached hydrogens (tertiary/aromatic N) is 1. The summed E-state index contributed by atoms with van der Waals surface area (Å²) in [6.07, 6.45) is 2.72. The minimum absolute atomic E-state index is 0.366. The van der Waals surface area contributed by atoms with Crippen molar-refractivity contribution in [2.75, 3.05) is 0 Å². The van der Waals surface area contributed by atoms with Gasteiger partial charge in [0.15, 0.2) is 11.6 Å². The number of ether oxygens (including phenoxy) is 1. The SMILES string of the molecule is CCc1cccc(C=C2N=C(C)OC2=O)c1. The van der Waals surface area contributed by atoms with Crippen LogP contribution in [0.25, 0.3) is 6.08 Å². The smallest absolute Gasteiger partial charge is 0.363 e. The first kappa shape index (κ1) is 10.6. The molecule has 0 unspecified atom stereocenters. The van der Waals surface area contributed by atoms with Crippen LogP contribution in [0.2, 0.25) is 0 Å². The molecule has 1 aliphatic rings. The molecule has 0 aliphatic carbocycles. The van der Waals surface area contributed by atoms with Gasteiger partial charge in [-0.2, -0.15) is 0 Å². The zero-order chi connectivity index (χ0) is 11.5. The van der Waals surface area contributed by atoms with Gasteiger partial charge < -0.3 is 4.74 Å².